The van der Waals surface area contributed by atoms with Gasteiger partial charge in [0.1, 0.15) is 5.82 Å². The number of aliphatic hydroxyl groups excluding tert-OH is 1. The van der Waals surface area contributed by atoms with Gasteiger partial charge in [0.25, 0.3) is 0 Å². The maximum absolute atomic E-state index is 13.7. The van der Waals surface area contributed by atoms with Crippen molar-refractivity contribution in [2.24, 2.45) is 5.92 Å². The Hall–Kier alpha value is -0.970. The summed E-state index contributed by atoms with van der Waals surface area (Å²) in [5.41, 5.74) is 0.414. The summed E-state index contributed by atoms with van der Waals surface area (Å²) >= 11 is 0. The first-order valence-electron chi connectivity index (χ1n) is 9.09. The van der Waals surface area contributed by atoms with Crippen LogP contribution in [0.4, 0.5) is 4.39 Å². The van der Waals surface area contributed by atoms with Crippen molar-refractivity contribution in [3.05, 3.63) is 35.6 Å². The molecular formula is C19H29FN2O. The summed E-state index contributed by atoms with van der Waals surface area (Å²) in [6.45, 7) is 5.85. The topological polar surface area (TPSA) is 26.7 Å². The normalized spacial score (nSPS) is 23.0. The number of rotatable bonds is 5. The van der Waals surface area contributed by atoms with Crippen molar-refractivity contribution in [2.45, 2.75) is 38.2 Å². The molecule has 2 fully saturated rings. The maximum atomic E-state index is 13.7. The van der Waals surface area contributed by atoms with Crippen LogP contribution in [-0.2, 0) is 0 Å². The Labute approximate surface area is 139 Å². The second kappa shape index (κ2) is 8.22. The van der Waals surface area contributed by atoms with Gasteiger partial charge < -0.3 is 10.0 Å². The lowest BCUT2D eigenvalue weighted by atomic mass is 9.89. The second-order valence-corrected chi connectivity index (χ2v) is 7.14. The first kappa shape index (κ1) is 16.9. The Morgan fingerprint density at radius 3 is 2.35 bits per heavy atom. The van der Waals surface area contributed by atoms with E-state index >= 15 is 0 Å². The molecule has 1 saturated carbocycles. The van der Waals surface area contributed by atoms with Gasteiger partial charge in [0.15, 0.2) is 0 Å². The first-order chi connectivity index (χ1) is 11.2. The van der Waals surface area contributed by atoms with Gasteiger partial charge in [0.2, 0.25) is 0 Å². The minimum Gasteiger partial charge on any atom is -0.387 e. The Balaban J connectivity index is 1.43. The molecule has 0 bridgehead atoms. The van der Waals surface area contributed by atoms with E-state index in [1.165, 1.54) is 44.7 Å². The number of piperazine rings is 1. The minimum absolute atomic E-state index is 0.309. The summed E-state index contributed by atoms with van der Waals surface area (Å²) in [5.74, 6) is 0.579. The van der Waals surface area contributed by atoms with E-state index < -0.39 is 6.10 Å². The standard InChI is InChI=1S/C19H29FN2O/c20-18-9-5-4-8-17(18)19(23)15-22-12-10-21(11-13-22)14-16-6-2-1-3-7-16/h4-5,8-9,16,19,23H,1-3,6-7,10-15H2. The molecule has 3 nitrogen and oxygen atoms in total. The second-order valence-electron chi connectivity index (χ2n) is 7.14. The molecule has 0 spiro atoms. The molecule has 2 aliphatic rings. The Morgan fingerprint density at radius 1 is 1.00 bits per heavy atom. The van der Waals surface area contributed by atoms with Gasteiger partial charge in [0, 0.05) is 44.8 Å². The van der Waals surface area contributed by atoms with Crippen LogP contribution >= 0.6 is 0 Å². The highest BCUT2D eigenvalue weighted by molar-refractivity contribution is 5.20. The summed E-state index contributed by atoms with van der Waals surface area (Å²) in [7, 11) is 0. The third-order valence-electron chi connectivity index (χ3n) is 5.40. The van der Waals surface area contributed by atoms with Crippen LogP contribution in [0.3, 0.4) is 0 Å². The SMILES string of the molecule is OC(CN1CCN(CC2CCCCC2)CC1)c1ccccc1F. The Morgan fingerprint density at radius 2 is 1.65 bits per heavy atom. The van der Waals surface area contributed by atoms with Crippen molar-refractivity contribution in [2.75, 3.05) is 39.3 Å². The highest BCUT2D eigenvalue weighted by Crippen LogP contribution is 2.25. The zero-order chi connectivity index (χ0) is 16.1. The number of aliphatic hydroxyl groups is 1. The number of β-amino-alcohol motifs (C(OH)–C–C–N with tert-alkyl or cyclic N) is 1. The van der Waals surface area contributed by atoms with Crippen LogP contribution in [0.25, 0.3) is 0 Å². The zero-order valence-corrected chi connectivity index (χ0v) is 14.0. The van der Waals surface area contributed by atoms with Crippen LogP contribution in [0.5, 0.6) is 0 Å². The first-order valence-corrected chi connectivity index (χ1v) is 9.09. The van der Waals surface area contributed by atoms with E-state index in [-0.39, 0.29) is 5.82 Å². The Kier molecular flexibility index (Phi) is 6.03. The van der Waals surface area contributed by atoms with E-state index in [1.807, 2.05) is 0 Å². The molecule has 1 aliphatic heterocycles. The predicted molar refractivity (Wildman–Crippen MR) is 90.8 cm³/mol. The number of hydrogen-bond donors (Lipinski definition) is 1. The van der Waals surface area contributed by atoms with Crippen LogP contribution in [0.2, 0.25) is 0 Å². The molecule has 4 heteroatoms. The van der Waals surface area contributed by atoms with Crippen molar-refractivity contribution in [1.82, 2.24) is 9.80 Å². The van der Waals surface area contributed by atoms with Crippen LogP contribution in [0.15, 0.2) is 24.3 Å². The number of hydrogen-bond acceptors (Lipinski definition) is 3. The molecule has 1 heterocycles. The van der Waals surface area contributed by atoms with Gasteiger partial charge in [-0.25, -0.2) is 4.39 Å². The average molecular weight is 320 g/mol. The van der Waals surface area contributed by atoms with Crippen LogP contribution in [0, 0.1) is 11.7 Å². The van der Waals surface area contributed by atoms with E-state index in [0.717, 1.165) is 32.1 Å². The number of halogens is 1. The largest absolute Gasteiger partial charge is 0.387 e. The summed E-state index contributed by atoms with van der Waals surface area (Å²) in [5, 5.41) is 10.3. The molecule has 0 amide bonds. The van der Waals surface area contributed by atoms with E-state index in [2.05, 4.69) is 9.80 Å². The molecule has 1 unspecified atom stereocenters. The zero-order valence-electron chi connectivity index (χ0n) is 14.0. The monoisotopic (exact) mass is 320 g/mol. The number of nitrogens with zero attached hydrogens (tertiary/aromatic N) is 2. The molecule has 1 aliphatic carbocycles. The molecule has 1 atom stereocenters. The molecule has 0 aromatic heterocycles. The highest BCUT2D eigenvalue weighted by atomic mass is 19.1. The van der Waals surface area contributed by atoms with E-state index in [1.54, 1.807) is 18.2 Å². The van der Waals surface area contributed by atoms with Crippen LogP contribution < -0.4 is 0 Å². The lowest BCUT2D eigenvalue weighted by Gasteiger charge is -2.38. The van der Waals surface area contributed by atoms with Gasteiger partial charge in [-0.3, -0.25) is 4.90 Å². The lowest BCUT2D eigenvalue weighted by Crippen LogP contribution is -2.48. The molecule has 3 rings (SSSR count). The van der Waals surface area contributed by atoms with Gasteiger partial charge in [-0.1, -0.05) is 37.5 Å². The fourth-order valence-corrected chi connectivity index (χ4v) is 3.98. The van der Waals surface area contributed by atoms with Gasteiger partial charge in [-0.15, -0.1) is 0 Å². The van der Waals surface area contributed by atoms with Gasteiger partial charge in [0.05, 0.1) is 6.10 Å². The highest BCUT2D eigenvalue weighted by Gasteiger charge is 2.23. The molecule has 1 N–H and O–H groups in total. The lowest BCUT2D eigenvalue weighted by molar-refractivity contribution is 0.0628. The van der Waals surface area contributed by atoms with Gasteiger partial charge in [-0.2, -0.15) is 0 Å². The fraction of sp³-hybridized carbons (Fsp3) is 0.684. The van der Waals surface area contributed by atoms with E-state index in [0.29, 0.717) is 12.1 Å². The quantitative estimate of drug-likeness (QED) is 0.903. The van der Waals surface area contributed by atoms with Crippen molar-refractivity contribution < 1.29 is 9.50 Å². The molecule has 0 radical (unpaired) electrons. The number of benzene rings is 1. The molecule has 1 aromatic carbocycles. The third-order valence-corrected chi connectivity index (χ3v) is 5.40. The van der Waals surface area contributed by atoms with Gasteiger partial charge >= 0.3 is 0 Å². The predicted octanol–water partition coefficient (Wildman–Crippen LogP) is 3.06. The average Bonchev–Trinajstić information content (AvgIpc) is 2.58. The summed E-state index contributed by atoms with van der Waals surface area (Å²) in [6, 6.07) is 6.54. The molecular weight excluding hydrogens is 291 g/mol. The minimum atomic E-state index is -0.735. The smallest absolute Gasteiger partial charge is 0.129 e. The fourth-order valence-electron chi connectivity index (χ4n) is 3.98. The summed E-state index contributed by atoms with van der Waals surface area (Å²) in [6.07, 6.45) is 6.27. The van der Waals surface area contributed by atoms with E-state index in [4.69, 9.17) is 0 Å². The van der Waals surface area contributed by atoms with Crippen molar-refractivity contribution in [1.29, 1.82) is 0 Å². The molecule has 23 heavy (non-hydrogen) atoms. The van der Waals surface area contributed by atoms with Crippen LogP contribution in [-0.4, -0.2) is 54.2 Å². The van der Waals surface area contributed by atoms with Crippen molar-refractivity contribution in [3.63, 3.8) is 0 Å². The van der Waals surface area contributed by atoms with Crippen molar-refractivity contribution in [3.8, 4) is 0 Å². The third kappa shape index (κ3) is 4.75. The molecule has 1 aromatic rings. The summed E-state index contributed by atoms with van der Waals surface area (Å²) in [4.78, 5) is 4.83. The van der Waals surface area contributed by atoms with Crippen LogP contribution in [0.1, 0.15) is 43.8 Å². The Bertz CT molecular complexity index is 482. The molecule has 128 valence electrons. The molecule has 1 saturated heterocycles. The van der Waals surface area contributed by atoms with Gasteiger partial charge in [-0.05, 0) is 24.8 Å². The summed E-state index contributed by atoms with van der Waals surface area (Å²) < 4.78 is 13.7. The van der Waals surface area contributed by atoms with E-state index in [9.17, 15) is 9.50 Å². The van der Waals surface area contributed by atoms with Crippen molar-refractivity contribution >= 4 is 0 Å². The maximum Gasteiger partial charge on any atom is 0.129 e.